The third kappa shape index (κ3) is 1.54. The first kappa shape index (κ1) is 8.56. The van der Waals surface area contributed by atoms with Crippen molar-refractivity contribution in [1.29, 1.82) is 0 Å². The molecular formula is C9H8BrNO2. The molecule has 3 nitrogen and oxygen atoms in total. The second-order valence-corrected chi connectivity index (χ2v) is 3.58. The molecular weight excluding hydrogens is 234 g/mol. The van der Waals surface area contributed by atoms with E-state index in [2.05, 4.69) is 25.9 Å². The fourth-order valence-electron chi connectivity index (χ4n) is 1.27. The molecule has 4 heteroatoms. The number of oxime groups is 1. The Kier molecular flexibility index (Phi) is 2.22. The maximum Gasteiger partial charge on any atom is 0.258 e. The quantitative estimate of drug-likeness (QED) is 0.707. The van der Waals surface area contributed by atoms with Gasteiger partial charge < -0.3 is 9.57 Å². The summed E-state index contributed by atoms with van der Waals surface area (Å²) in [5.74, 6) is 0.560. The summed E-state index contributed by atoms with van der Waals surface area (Å²) in [4.78, 5) is 4.66. The molecule has 0 bridgehead atoms. The van der Waals surface area contributed by atoms with Gasteiger partial charge in [0.15, 0.2) is 0 Å². The Hall–Kier alpha value is -1.03. The molecule has 0 atom stereocenters. The van der Waals surface area contributed by atoms with Gasteiger partial charge in [-0.15, -0.1) is 0 Å². The van der Waals surface area contributed by atoms with Crippen molar-refractivity contribution in [2.24, 2.45) is 5.16 Å². The number of rotatable bonds is 1. The maximum absolute atomic E-state index is 5.32. The standard InChI is InChI=1S/C9H8BrNO2/c1-12-11-9-8-3-2-7(10)4-6(8)5-13-9/h2-4H,5H2,1H3/b11-9-. The molecule has 0 aliphatic carbocycles. The van der Waals surface area contributed by atoms with Crippen LogP contribution in [-0.4, -0.2) is 13.0 Å². The van der Waals surface area contributed by atoms with Crippen molar-refractivity contribution in [2.75, 3.05) is 7.11 Å². The highest BCUT2D eigenvalue weighted by Crippen LogP contribution is 2.24. The van der Waals surface area contributed by atoms with Gasteiger partial charge in [0.05, 0.1) is 0 Å². The summed E-state index contributed by atoms with van der Waals surface area (Å²) < 4.78 is 6.37. The van der Waals surface area contributed by atoms with Crippen molar-refractivity contribution >= 4 is 21.8 Å². The molecule has 0 unspecified atom stereocenters. The fourth-order valence-corrected chi connectivity index (χ4v) is 1.68. The molecule has 1 heterocycles. The van der Waals surface area contributed by atoms with Gasteiger partial charge in [0.2, 0.25) is 0 Å². The van der Waals surface area contributed by atoms with E-state index < -0.39 is 0 Å². The Labute approximate surface area is 84.5 Å². The summed E-state index contributed by atoms with van der Waals surface area (Å²) >= 11 is 3.40. The third-order valence-corrected chi connectivity index (χ3v) is 2.33. The Morgan fingerprint density at radius 2 is 2.38 bits per heavy atom. The van der Waals surface area contributed by atoms with Gasteiger partial charge in [0.1, 0.15) is 13.7 Å². The average Bonchev–Trinajstić information content (AvgIpc) is 2.49. The van der Waals surface area contributed by atoms with Crippen LogP contribution in [0.3, 0.4) is 0 Å². The zero-order valence-electron chi connectivity index (χ0n) is 7.08. The number of ether oxygens (including phenoxy) is 1. The Bertz CT molecular complexity index is 363. The van der Waals surface area contributed by atoms with Gasteiger partial charge in [-0.2, -0.15) is 0 Å². The van der Waals surface area contributed by atoms with Gasteiger partial charge in [0, 0.05) is 15.6 Å². The van der Waals surface area contributed by atoms with Crippen LogP contribution in [-0.2, 0) is 16.2 Å². The van der Waals surface area contributed by atoms with Crippen molar-refractivity contribution < 1.29 is 9.57 Å². The molecule has 1 aliphatic heterocycles. The Balaban J connectivity index is 2.44. The second kappa shape index (κ2) is 3.38. The molecule has 68 valence electrons. The summed E-state index contributed by atoms with van der Waals surface area (Å²) in [6.07, 6.45) is 0. The molecule has 0 saturated carbocycles. The van der Waals surface area contributed by atoms with E-state index in [1.54, 1.807) is 0 Å². The van der Waals surface area contributed by atoms with Gasteiger partial charge >= 0.3 is 0 Å². The van der Waals surface area contributed by atoms with E-state index in [0.29, 0.717) is 12.5 Å². The number of hydrogen-bond donors (Lipinski definition) is 0. The third-order valence-electron chi connectivity index (χ3n) is 1.84. The first-order chi connectivity index (χ1) is 6.31. The van der Waals surface area contributed by atoms with Gasteiger partial charge in [-0.3, -0.25) is 0 Å². The van der Waals surface area contributed by atoms with Crippen molar-refractivity contribution in [2.45, 2.75) is 6.61 Å². The molecule has 0 fully saturated rings. The van der Waals surface area contributed by atoms with Gasteiger partial charge in [-0.05, 0) is 23.4 Å². The highest BCUT2D eigenvalue weighted by atomic mass is 79.9. The second-order valence-electron chi connectivity index (χ2n) is 2.67. The van der Waals surface area contributed by atoms with Crippen LogP contribution in [0.15, 0.2) is 27.8 Å². The monoisotopic (exact) mass is 241 g/mol. The highest BCUT2D eigenvalue weighted by molar-refractivity contribution is 9.10. The van der Waals surface area contributed by atoms with Crippen LogP contribution in [0.1, 0.15) is 11.1 Å². The molecule has 1 aromatic carbocycles. The summed E-state index contributed by atoms with van der Waals surface area (Å²) in [6.45, 7) is 0.566. The van der Waals surface area contributed by atoms with E-state index in [4.69, 9.17) is 4.74 Å². The number of fused-ring (bicyclic) bond motifs is 1. The molecule has 0 radical (unpaired) electrons. The predicted octanol–water partition coefficient (Wildman–Crippen LogP) is 2.29. The zero-order chi connectivity index (χ0) is 9.26. The lowest BCUT2D eigenvalue weighted by Crippen LogP contribution is -1.97. The minimum absolute atomic E-state index is 0.560. The van der Waals surface area contributed by atoms with Crippen molar-refractivity contribution in [3.05, 3.63) is 33.8 Å². The van der Waals surface area contributed by atoms with Crippen LogP contribution in [0, 0.1) is 0 Å². The van der Waals surface area contributed by atoms with Crippen LogP contribution in [0.25, 0.3) is 0 Å². The van der Waals surface area contributed by atoms with Gasteiger partial charge in [-0.1, -0.05) is 15.9 Å². The van der Waals surface area contributed by atoms with Crippen molar-refractivity contribution in [3.63, 3.8) is 0 Å². The lowest BCUT2D eigenvalue weighted by molar-refractivity contribution is 0.193. The smallest absolute Gasteiger partial charge is 0.258 e. The van der Waals surface area contributed by atoms with Crippen LogP contribution in [0.5, 0.6) is 0 Å². The largest absolute Gasteiger partial charge is 0.470 e. The number of hydrogen-bond acceptors (Lipinski definition) is 3. The topological polar surface area (TPSA) is 30.8 Å². The number of halogens is 1. The normalized spacial score (nSPS) is 16.9. The molecule has 0 amide bonds. The van der Waals surface area contributed by atoms with Crippen LogP contribution < -0.4 is 0 Å². The lowest BCUT2D eigenvalue weighted by atomic mass is 10.1. The van der Waals surface area contributed by atoms with Gasteiger partial charge in [-0.25, -0.2) is 0 Å². The first-order valence-electron chi connectivity index (χ1n) is 3.84. The van der Waals surface area contributed by atoms with Crippen LogP contribution in [0.4, 0.5) is 0 Å². The molecule has 1 aliphatic rings. The van der Waals surface area contributed by atoms with E-state index in [1.807, 2.05) is 18.2 Å². The van der Waals surface area contributed by atoms with Crippen molar-refractivity contribution in [3.8, 4) is 0 Å². The van der Waals surface area contributed by atoms with E-state index in [1.165, 1.54) is 7.11 Å². The number of nitrogens with zero attached hydrogens (tertiary/aromatic N) is 1. The summed E-state index contributed by atoms with van der Waals surface area (Å²) in [6, 6.07) is 5.94. The highest BCUT2D eigenvalue weighted by Gasteiger charge is 2.19. The predicted molar refractivity (Wildman–Crippen MR) is 52.5 cm³/mol. The molecule has 2 rings (SSSR count). The summed E-state index contributed by atoms with van der Waals surface area (Å²) in [7, 11) is 1.51. The number of benzene rings is 1. The summed E-state index contributed by atoms with van der Waals surface area (Å²) in [5, 5.41) is 3.77. The van der Waals surface area contributed by atoms with Crippen LogP contribution >= 0.6 is 15.9 Å². The minimum atomic E-state index is 0.560. The van der Waals surface area contributed by atoms with E-state index in [9.17, 15) is 0 Å². The molecule has 0 spiro atoms. The zero-order valence-corrected chi connectivity index (χ0v) is 8.67. The molecule has 0 aromatic heterocycles. The minimum Gasteiger partial charge on any atom is -0.470 e. The first-order valence-corrected chi connectivity index (χ1v) is 4.63. The van der Waals surface area contributed by atoms with Crippen molar-refractivity contribution in [1.82, 2.24) is 0 Å². The summed E-state index contributed by atoms with van der Waals surface area (Å²) in [5.41, 5.74) is 2.13. The maximum atomic E-state index is 5.32. The molecule has 0 saturated heterocycles. The fraction of sp³-hybridized carbons (Fsp3) is 0.222. The Morgan fingerprint density at radius 1 is 1.54 bits per heavy atom. The Morgan fingerprint density at radius 3 is 3.15 bits per heavy atom. The van der Waals surface area contributed by atoms with E-state index >= 15 is 0 Å². The van der Waals surface area contributed by atoms with Crippen LogP contribution in [0.2, 0.25) is 0 Å². The SMILES string of the molecule is CO/N=C1\OCc2cc(Br)ccc21. The van der Waals surface area contributed by atoms with E-state index in [-0.39, 0.29) is 0 Å². The molecule has 13 heavy (non-hydrogen) atoms. The average molecular weight is 242 g/mol. The lowest BCUT2D eigenvalue weighted by Gasteiger charge is -1.96. The molecule has 1 aromatic rings. The van der Waals surface area contributed by atoms with E-state index in [0.717, 1.165) is 15.6 Å². The molecule has 0 N–H and O–H groups in total. The van der Waals surface area contributed by atoms with Gasteiger partial charge in [0.25, 0.3) is 5.90 Å².